The fourth-order valence-electron chi connectivity index (χ4n) is 3.06. The highest BCUT2D eigenvalue weighted by Crippen LogP contribution is 2.23. The van der Waals surface area contributed by atoms with E-state index >= 15 is 0 Å². The Hall–Kier alpha value is -3.35. The monoisotopic (exact) mass is 453 g/mol. The topological polar surface area (TPSA) is 73.2 Å². The number of aromatic nitrogens is 2. The quantitative estimate of drug-likeness (QED) is 0.432. The first-order valence-corrected chi connectivity index (χ1v) is 10.2. The van der Waals surface area contributed by atoms with E-state index in [4.69, 9.17) is 27.9 Å². The molecule has 1 N–H and O–H groups in total. The number of fused-ring (bicyclic) bond motifs is 1. The Labute approximate surface area is 188 Å². The highest BCUT2D eigenvalue weighted by atomic mass is 35.5. The van der Waals surface area contributed by atoms with Gasteiger partial charge in [0.25, 0.3) is 5.56 Å². The lowest BCUT2D eigenvalue weighted by molar-refractivity contribution is 0.155. The van der Waals surface area contributed by atoms with Crippen LogP contribution in [0.1, 0.15) is 11.1 Å². The van der Waals surface area contributed by atoms with Gasteiger partial charge in [0.1, 0.15) is 6.61 Å². The Morgan fingerprint density at radius 3 is 2.55 bits per heavy atom. The van der Waals surface area contributed by atoms with Gasteiger partial charge in [0.05, 0.1) is 33.8 Å². The van der Waals surface area contributed by atoms with Crippen LogP contribution in [-0.2, 0) is 17.9 Å². The fraction of sp³-hybridized carbons (Fsp3) is 0.0870. The van der Waals surface area contributed by atoms with Crippen molar-refractivity contribution >= 4 is 45.9 Å². The number of carbonyl (C=O) groups excluding carboxylic acids is 1. The van der Waals surface area contributed by atoms with Gasteiger partial charge in [0.2, 0.25) is 0 Å². The van der Waals surface area contributed by atoms with Crippen molar-refractivity contribution in [2.45, 2.75) is 13.2 Å². The molecule has 1 amide bonds. The number of nitrogens with zero attached hydrogens (tertiary/aromatic N) is 2. The summed E-state index contributed by atoms with van der Waals surface area (Å²) < 4.78 is 6.70. The molecule has 4 rings (SSSR count). The summed E-state index contributed by atoms with van der Waals surface area (Å²) in [4.78, 5) is 29.2. The van der Waals surface area contributed by atoms with Crippen LogP contribution in [0.2, 0.25) is 10.0 Å². The van der Waals surface area contributed by atoms with E-state index in [1.807, 2.05) is 30.3 Å². The Bertz CT molecular complexity index is 1310. The van der Waals surface area contributed by atoms with Crippen LogP contribution >= 0.6 is 23.2 Å². The van der Waals surface area contributed by atoms with Crippen molar-refractivity contribution in [2.24, 2.45) is 0 Å². The van der Waals surface area contributed by atoms with Gasteiger partial charge in [0.15, 0.2) is 0 Å². The number of benzene rings is 3. The summed E-state index contributed by atoms with van der Waals surface area (Å²) in [7, 11) is 0. The number of nitrogens with one attached hydrogen (secondary N) is 1. The SMILES string of the molecule is O=C(Nc1ccc2c(=O)n(Cc3ccc(Cl)c(Cl)c3)cnc2c1)OCc1ccccc1. The zero-order valence-electron chi connectivity index (χ0n) is 16.2. The second-order valence-corrected chi connectivity index (χ2v) is 7.66. The molecule has 1 aromatic heterocycles. The van der Waals surface area contributed by atoms with Crippen LogP contribution in [0.4, 0.5) is 10.5 Å². The fourth-order valence-corrected chi connectivity index (χ4v) is 3.38. The summed E-state index contributed by atoms with van der Waals surface area (Å²) in [6, 6.07) is 19.5. The lowest BCUT2D eigenvalue weighted by atomic mass is 10.2. The van der Waals surface area contributed by atoms with E-state index in [1.54, 1.807) is 36.4 Å². The molecule has 0 aliphatic rings. The molecule has 0 aliphatic heterocycles. The van der Waals surface area contributed by atoms with Crippen molar-refractivity contribution in [3.05, 3.63) is 105 Å². The molecule has 0 aliphatic carbocycles. The Morgan fingerprint density at radius 1 is 0.968 bits per heavy atom. The average Bonchev–Trinajstić information content (AvgIpc) is 2.77. The summed E-state index contributed by atoms with van der Waals surface area (Å²) in [6.07, 6.45) is 0.876. The van der Waals surface area contributed by atoms with Crippen LogP contribution in [-0.4, -0.2) is 15.6 Å². The number of hydrogen-bond donors (Lipinski definition) is 1. The maximum absolute atomic E-state index is 12.8. The normalized spacial score (nSPS) is 10.8. The first kappa shape index (κ1) is 20.9. The molecule has 0 radical (unpaired) electrons. The van der Waals surface area contributed by atoms with E-state index in [2.05, 4.69) is 10.3 Å². The van der Waals surface area contributed by atoms with Gasteiger partial charge in [-0.15, -0.1) is 0 Å². The van der Waals surface area contributed by atoms with Crippen LogP contribution in [0.25, 0.3) is 10.9 Å². The smallest absolute Gasteiger partial charge is 0.411 e. The Kier molecular flexibility index (Phi) is 6.21. The van der Waals surface area contributed by atoms with Crippen LogP contribution in [0, 0.1) is 0 Å². The van der Waals surface area contributed by atoms with Gasteiger partial charge in [0, 0.05) is 5.69 Å². The summed E-state index contributed by atoms with van der Waals surface area (Å²) in [5, 5.41) is 3.97. The zero-order valence-corrected chi connectivity index (χ0v) is 17.7. The van der Waals surface area contributed by atoms with Gasteiger partial charge >= 0.3 is 6.09 Å². The summed E-state index contributed by atoms with van der Waals surface area (Å²) >= 11 is 12.0. The molecule has 0 unspecified atom stereocenters. The highest BCUT2D eigenvalue weighted by molar-refractivity contribution is 6.42. The maximum atomic E-state index is 12.8. The number of halogens is 2. The Balaban J connectivity index is 1.48. The van der Waals surface area contributed by atoms with Crippen molar-refractivity contribution in [2.75, 3.05) is 5.32 Å². The Morgan fingerprint density at radius 2 is 1.77 bits per heavy atom. The molecule has 6 nitrogen and oxygen atoms in total. The number of amides is 1. The summed E-state index contributed by atoms with van der Waals surface area (Å²) in [5.74, 6) is 0. The molecule has 0 spiro atoms. The lowest BCUT2D eigenvalue weighted by Crippen LogP contribution is -2.21. The molecule has 8 heteroatoms. The van der Waals surface area contributed by atoms with E-state index in [9.17, 15) is 9.59 Å². The predicted octanol–water partition coefficient (Wildman–Crippen LogP) is 5.50. The standard InChI is InChI=1S/C23H17Cl2N3O3/c24-19-9-6-16(10-20(19)25)12-28-14-26-21-11-17(7-8-18(21)22(28)29)27-23(30)31-13-15-4-2-1-3-5-15/h1-11,14H,12-13H2,(H,27,30). The number of ether oxygens (including phenoxy) is 1. The lowest BCUT2D eigenvalue weighted by Gasteiger charge is -2.10. The van der Waals surface area contributed by atoms with Crippen molar-refractivity contribution in [1.82, 2.24) is 9.55 Å². The summed E-state index contributed by atoms with van der Waals surface area (Å²) in [6.45, 7) is 0.475. The maximum Gasteiger partial charge on any atom is 0.411 e. The van der Waals surface area contributed by atoms with E-state index < -0.39 is 6.09 Å². The van der Waals surface area contributed by atoms with E-state index in [0.29, 0.717) is 33.2 Å². The van der Waals surface area contributed by atoms with Crippen LogP contribution in [0.5, 0.6) is 0 Å². The van der Waals surface area contributed by atoms with E-state index in [0.717, 1.165) is 11.1 Å². The van der Waals surface area contributed by atoms with Crippen LogP contribution in [0.3, 0.4) is 0 Å². The van der Waals surface area contributed by atoms with E-state index in [-0.39, 0.29) is 12.2 Å². The highest BCUT2D eigenvalue weighted by Gasteiger charge is 2.09. The molecule has 0 fully saturated rings. The molecule has 0 bridgehead atoms. The van der Waals surface area contributed by atoms with Gasteiger partial charge in [-0.2, -0.15) is 0 Å². The molecule has 0 atom stereocenters. The molecular formula is C23H17Cl2N3O3. The largest absolute Gasteiger partial charge is 0.444 e. The molecular weight excluding hydrogens is 437 g/mol. The third kappa shape index (κ3) is 5.05. The van der Waals surface area contributed by atoms with Gasteiger partial charge < -0.3 is 4.74 Å². The minimum Gasteiger partial charge on any atom is -0.444 e. The minimum absolute atomic E-state index is 0.165. The molecule has 0 saturated carbocycles. The minimum atomic E-state index is -0.587. The van der Waals surface area contributed by atoms with Crippen molar-refractivity contribution in [3.8, 4) is 0 Å². The van der Waals surface area contributed by atoms with Crippen LogP contribution in [0.15, 0.2) is 77.9 Å². The third-order valence-electron chi connectivity index (χ3n) is 4.62. The molecule has 1 heterocycles. The second kappa shape index (κ2) is 9.20. The molecule has 4 aromatic rings. The number of carbonyl (C=O) groups is 1. The van der Waals surface area contributed by atoms with Gasteiger partial charge in [-0.3, -0.25) is 14.7 Å². The average molecular weight is 454 g/mol. The predicted molar refractivity (Wildman–Crippen MR) is 122 cm³/mol. The van der Waals surface area contributed by atoms with Gasteiger partial charge in [-0.05, 0) is 41.5 Å². The molecule has 31 heavy (non-hydrogen) atoms. The van der Waals surface area contributed by atoms with Gasteiger partial charge in [-0.25, -0.2) is 9.78 Å². The zero-order chi connectivity index (χ0) is 21.8. The number of hydrogen-bond acceptors (Lipinski definition) is 4. The van der Waals surface area contributed by atoms with Crippen LogP contribution < -0.4 is 10.9 Å². The van der Waals surface area contributed by atoms with Gasteiger partial charge in [-0.1, -0.05) is 59.6 Å². The second-order valence-electron chi connectivity index (χ2n) is 6.84. The van der Waals surface area contributed by atoms with Crippen molar-refractivity contribution in [1.29, 1.82) is 0 Å². The number of anilines is 1. The molecule has 0 saturated heterocycles. The van der Waals surface area contributed by atoms with Crippen molar-refractivity contribution in [3.63, 3.8) is 0 Å². The third-order valence-corrected chi connectivity index (χ3v) is 5.36. The first-order valence-electron chi connectivity index (χ1n) is 9.40. The number of rotatable bonds is 5. The van der Waals surface area contributed by atoms with Crippen molar-refractivity contribution < 1.29 is 9.53 Å². The first-order chi connectivity index (χ1) is 15.0. The van der Waals surface area contributed by atoms with E-state index in [1.165, 1.54) is 10.9 Å². The molecule has 3 aromatic carbocycles. The summed E-state index contributed by atoms with van der Waals surface area (Å²) in [5.41, 5.74) is 2.47. The molecule has 156 valence electrons.